The summed E-state index contributed by atoms with van der Waals surface area (Å²) >= 11 is 0. The molecule has 2 heterocycles. The van der Waals surface area contributed by atoms with Gasteiger partial charge < -0.3 is 9.64 Å². The van der Waals surface area contributed by atoms with Gasteiger partial charge in [-0.3, -0.25) is 9.69 Å². The highest BCUT2D eigenvalue weighted by atomic mass is 16.6. The van der Waals surface area contributed by atoms with Gasteiger partial charge in [-0.15, -0.1) is 0 Å². The lowest BCUT2D eigenvalue weighted by Gasteiger charge is -2.59. The second kappa shape index (κ2) is 5.64. The number of rotatable bonds is 3. The Morgan fingerprint density at radius 1 is 1.09 bits per heavy atom. The normalized spacial score (nSPS) is 19.9. The molecule has 0 radical (unpaired) electrons. The maximum Gasteiger partial charge on any atom is 0.410 e. The van der Waals surface area contributed by atoms with Crippen molar-refractivity contribution in [1.29, 1.82) is 0 Å². The van der Waals surface area contributed by atoms with Crippen LogP contribution >= 0.6 is 0 Å². The van der Waals surface area contributed by atoms with Crippen LogP contribution in [0.3, 0.4) is 0 Å². The van der Waals surface area contributed by atoms with Crippen LogP contribution in [0.1, 0.15) is 31.1 Å². The molecule has 2 saturated heterocycles. The van der Waals surface area contributed by atoms with Crippen LogP contribution in [0.4, 0.5) is 4.79 Å². The Morgan fingerprint density at radius 2 is 1.70 bits per heavy atom. The fourth-order valence-corrected chi connectivity index (χ4v) is 3.35. The van der Waals surface area contributed by atoms with Gasteiger partial charge in [0, 0.05) is 37.2 Å². The van der Waals surface area contributed by atoms with Gasteiger partial charge in [-0.05, 0) is 20.8 Å². The largest absolute Gasteiger partial charge is 0.444 e. The monoisotopic (exact) mass is 316 g/mol. The molecule has 0 bridgehead atoms. The highest BCUT2D eigenvalue weighted by Crippen LogP contribution is 2.40. The van der Waals surface area contributed by atoms with Crippen LogP contribution in [0.5, 0.6) is 0 Å². The minimum atomic E-state index is -0.451. The number of ether oxygens (including phenoxy) is 1. The van der Waals surface area contributed by atoms with E-state index in [9.17, 15) is 9.59 Å². The number of carbonyl (C=O) groups is 2. The minimum Gasteiger partial charge on any atom is -0.444 e. The quantitative estimate of drug-likeness (QED) is 0.804. The molecule has 1 spiro atoms. The molecule has 5 nitrogen and oxygen atoms in total. The first-order valence-corrected chi connectivity index (χ1v) is 8.05. The minimum absolute atomic E-state index is 0.156. The predicted molar refractivity (Wildman–Crippen MR) is 87.5 cm³/mol. The van der Waals surface area contributed by atoms with Crippen molar-refractivity contribution in [3.63, 3.8) is 0 Å². The Hall–Kier alpha value is -1.88. The lowest BCUT2D eigenvalue weighted by atomic mass is 9.73. The van der Waals surface area contributed by atoms with Crippen molar-refractivity contribution in [3.05, 3.63) is 35.9 Å². The fraction of sp³-hybridized carbons (Fsp3) is 0.556. The van der Waals surface area contributed by atoms with Gasteiger partial charge >= 0.3 is 6.09 Å². The third kappa shape index (κ3) is 3.55. The Morgan fingerprint density at radius 3 is 2.26 bits per heavy atom. The van der Waals surface area contributed by atoms with Crippen LogP contribution in [0.15, 0.2) is 30.3 Å². The number of ketones is 1. The molecule has 0 aromatic heterocycles. The number of carbonyl (C=O) groups excluding carboxylic acids is 2. The van der Waals surface area contributed by atoms with E-state index in [1.54, 1.807) is 4.90 Å². The van der Waals surface area contributed by atoms with Crippen molar-refractivity contribution in [2.75, 3.05) is 32.7 Å². The van der Waals surface area contributed by atoms with Crippen molar-refractivity contribution >= 4 is 11.9 Å². The van der Waals surface area contributed by atoms with Gasteiger partial charge in [0.2, 0.25) is 0 Å². The lowest BCUT2D eigenvalue weighted by Crippen LogP contribution is -2.73. The van der Waals surface area contributed by atoms with Crippen molar-refractivity contribution in [3.8, 4) is 0 Å². The summed E-state index contributed by atoms with van der Waals surface area (Å²) in [5.41, 5.74) is 0.485. The van der Waals surface area contributed by atoms with Crippen molar-refractivity contribution in [2.45, 2.75) is 26.4 Å². The summed E-state index contributed by atoms with van der Waals surface area (Å²) in [5, 5.41) is 0. The molecule has 0 N–H and O–H groups in total. The first-order valence-electron chi connectivity index (χ1n) is 8.05. The zero-order chi connectivity index (χ0) is 16.7. The lowest BCUT2D eigenvalue weighted by molar-refractivity contribution is -0.109. The summed E-state index contributed by atoms with van der Waals surface area (Å²) in [4.78, 5) is 28.0. The molecule has 3 rings (SSSR count). The summed E-state index contributed by atoms with van der Waals surface area (Å²) in [6.45, 7) is 9.31. The van der Waals surface area contributed by atoms with E-state index in [4.69, 9.17) is 4.74 Å². The third-order valence-corrected chi connectivity index (χ3v) is 4.29. The third-order valence-electron chi connectivity index (χ3n) is 4.29. The number of hydrogen-bond acceptors (Lipinski definition) is 4. The van der Waals surface area contributed by atoms with Crippen molar-refractivity contribution < 1.29 is 14.3 Å². The average Bonchev–Trinajstić information content (AvgIpc) is 2.38. The summed E-state index contributed by atoms with van der Waals surface area (Å²) in [7, 11) is 0. The summed E-state index contributed by atoms with van der Waals surface area (Å²) in [6, 6.07) is 9.39. The molecule has 2 aliphatic rings. The number of hydrogen-bond donors (Lipinski definition) is 0. The molecule has 2 aliphatic heterocycles. The number of Topliss-reactive ketones (excluding diaryl/α,β-unsaturated/α-hetero) is 1. The Balaban J connectivity index is 1.42. The highest BCUT2D eigenvalue weighted by Gasteiger charge is 2.53. The molecule has 2 fully saturated rings. The van der Waals surface area contributed by atoms with Gasteiger partial charge in [0.05, 0.1) is 6.54 Å². The Bertz CT molecular complexity index is 592. The van der Waals surface area contributed by atoms with Gasteiger partial charge in [0.1, 0.15) is 5.60 Å². The van der Waals surface area contributed by atoms with Crippen LogP contribution < -0.4 is 0 Å². The standard InChI is InChI=1S/C18H24N2O3/c1-17(2,3)23-16(22)20-12-18(13-20)10-19(11-18)9-15(21)14-7-5-4-6-8-14/h4-8H,9-13H2,1-3H3. The summed E-state index contributed by atoms with van der Waals surface area (Å²) in [5.74, 6) is 0.156. The molecule has 0 unspecified atom stereocenters. The molecule has 0 saturated carbocycles. The Labute approximate surface area is 137 Å². The average molecular weight is 316 g/mol. The van der Waals surface area contributed by atoms with E-state index in [1.165, 1.54) is 0 Å². The predicted octanol–water partition coefficient (Wildman–Crippen LogP) is 2.42. The molecule has 1 amide bonds. The van der Waals surface area contributed by atoms with Gasteiger partial charge in [-0.1, -0.05) is 30.3 Å². The van der Waals surface area contributed by atoms with Crippen LogP contribution in [0.2, 0.25) is 0 Å². The molecular weight excluding hydrogens is 292 g/mol. The van der Waals surface area contributed by atoms with Crippen LogP contribution in [-0.4, -0.2) is 60.0 Å². The summed E-state index contributed by atoms with van der Waals surface area (Å²) < 4.78 is 5.37. The van der Waals surface area contributed by atoms with E-state index < -0.39 is 5.60 Å². The molecular formula is C18H24N2O3. The number of nitrogens with zero attached hydrogens (tertiary/aromatic N) is 2. The first kappa shape index (κ1) is 16.0. The number of amides is 1. The van der Waals surface area contributed by atoms with Gasteiger partial charge in [0.25, 0.3) is 0 Å². The molecule has 0 aliphatic carbocycles. The van der Waals surface area contributed by atoms with E-state index >= 15 is 0 Å². The zero-order valence-corrected chi connectivity index (χ0v) is 14.0. The van der Waals surface area contributed by atoms with Crippen molar-refractivity contribution in [2.24, 2.45) is 5.41 Å². The van der Waals surface area contributed by atoms with Gasteiger partial charge in [0.15, 0.2) is 5.78 Å². The smallest absolute Gasteiger partial charge is 0.410 e. The maximum atomic E-state index is 12.2. The molecule has 1 aromatic carbocycles. The van der Waals surface area contributed by atoms with E-state index in [0.717, 1.165) is 31.7 Å². The Kier molecular flexibility index (Phi) is 3.92. The topological polar surface area (TPSA) is 49.9 Å². The fourth-order valence-electron chi connectivity index (χ4n) is 3.35. The van der Waals surface area contributed by atoms with E-state index in [1.807, 2.05) is 51.1 Å². The van der Waals surface area contributed by atoms with E-state index in [0.29, 0.717) is 6.54 Å². The first-order chi connectivity index (χ1) is 10.8. The van der Waals surface area contributed by atoms with Crippen LogP contribution in [-0.2, 0) is 4.74 Å². The maximum absolute atomic E-state index is 12.2. The van der Waals surface area contributed by atoms with Crippen LogP contribution in [0, 0.1) is 5.41 Å². The zero-order valence-electron chi connectivity index (χ0n) is 14.0. The molecule has 124 valence electrons. The second-order valence-corrected chi connectivity index (χ2v) is 7.77. The summed E-state index contributed by atoms with van der Waals surface area (Å²) in [6.07, 6.45) is -0.234. The molecule has 1 aromatic rings. The second-order valence-electron chi connectivity index (χ2n) is 7.77. The van der Waals surface area contributed by atoms with E-state index in [2.05, 4.69) is 4.90 Å². The molecule has 0 atom stereocenters. The number of likely N-dealkylation sites (tertiary alicyclic amines) is 2. The SMILES string of the molecule is CC(C)(C)OC(=O)N1CC2(CN(CC(=O)c3ccccc3)C2)C1. The van der Waals surface area contributed by atoms with Gasteiger partial charge in [-0.2, -0.15) is 0 Å². The van der Waals surface area contributed by atoms with E-state index in [-0.39, 0.29) is 17.3 Å². The molecule has 23 heavy (non-hydrogen) atoms. The number of benzene rings is 1. The van der Waals surface area contributed by atoms with Crippen molar-refractivity contribution in [1.82, 2.24) is 9.80 Å². The highest BCUT2D eigenvalue weighted by molar-refractivity contribution is 5.97. The van der Waals surface area contributed by atoms with Crippen LogP contribution in [0.25, 0.3) is 0 Å². The molecule has 5 heteroatoms. The van der Waals surface area contributed by atoms with Gasteiger partial charge in [-0.25, -0.2) is 4.79 Å².